The van der Waals surface area contributed by atoms with Crippen LogP contribution >= 0.6 is 12.2 Å². The van der Waals surface area contributed by atoms with E-state index in [1.165, 1.54) is 7.11 Å². The van der Waals surface area contributed by atoms with Crippen molar-refractivity contribution in [2.45, 2.75) is 0 Å². The number of nitrogens with one attached hydrogen (secondary N) is 2. The van der Waals surface area contributed by atoms with Crippen molar-refractivity contribution in [1.29, 1.82) is 0 Å². The number of carbonyl (C=O) groups is 2. The fourth-order valence-electron chi connectivity index (χ4n) is 1.83. The minimum atomic E-state index is -0.454. The number of esters is 1. The van der Waals surface area contributed by atoms with Crippen molar-refractivity contribution in [3.8, 4) is 5.75 Å². The van der Waals surface area contributed by atoms with Crippen LogP contribution in [0.5, 0.6) is 5.75 Å². The summed E-state index contributed by atoms with van der Waals surface area (Å²) in [6.07, 6.45) is 0. The summed E-state index contributed by atoms with van der Waals surface area (Å²) in [6.45, 7) is -0.159. The van der Waals surface area contributed by atoms with Gasteiger partial charge in [0.15, 0.2) is 11.7 Å². The van der Waals surface area contributed by atoms with Gasteiger partial charge in [-0.1, -0.05) is 24.3 Å². The number of carbonyl (C=O) groups excluding carboxylic acids is 2. The minimum absolute atomic E-state index is 0.110. The van der Waals surface area contributed by atoms with E-state index >= 15 is 0 Å². The number of rotatable bonds is 5. The van der Waals surface area contributed by atoms with E-state index in [9.17, 15) is 9.59 Å². The number of ether oxygens (including phenoxy) is 2. The third-order valence-electron chi connectivity index (χ3n) is 2.91. The van der Waals surface area contributed by atoms with Crippen LogP contribution in [0.4, 0.5) is 5.69 Å². The Morgan fingerprint density at radius 2 is 1.83 bits per heavy atom. The van der Waals surface area contributed by atoms with Gasteiger partial charge in [-0.2, -0.15) is 0 Å². The van der Waals surface area contributed by atoms with E-state index in [1.54, 1.807) is 36.4 Å². The standard InChI is InChI=1S/C17H16N2O4S/c1-22-16(21)12-6-5-7-13(10-12)18-17(24)19-15(20)11-23-14-8-3-2-4-9-14/h2-10H,11H2,1H3,(H2,18,19,20,24). The zero-order valence-corrected chi connectivity index (χ0v) is 13.8. The average Bonchev–Trinajstić information content (AvgIpc) is 2.60. The molecule has 0 aliphatic rings. The third kappa shape index (κ3) is 5.36. The maximum atomic E-state index is 11.8. The number of methoxy groups -OCH3 is 1. The van der Waals surface area contributed by atoms with E-state index in [-0.39, 0.29) is 17.6 Å². The van der Waals surface area contributed by atoms with E-state index in [2.05, 4.69) is 15.4 Å². The highest BCUT2D eigenvalue weighted by molar-refractivity contribution is 7.80. The van der Waals surface area contributed by atoms with E-state index in [1.807, 2.05) is 18.2 Å². The van der Waals surface area contributed by atoms with Gasteiger partial charge in [-0.25, -0.2) is 4.79 Å². The molecule has 6 nitrogen and oxygen atoms in total. The van der Waals surface area contributed by atoms with Crippen molar-refractivity contribution in [3.05, 3.63) is 60.2 Å². The zero-order valence-electron chi connectivity index (χ0n) is 12.9. The first-order valence-electron chi connectivity index (χ1n) is 7.05. The van der Waals surface area contributed by atoms with E-state index in [0.29, 0.717) is 17.0 Å². The van der Waals surface area contributed by atoms with E-state index < -0.39 is 5.97 Å². The van der Waals surface area contributed by atoms with Crippen molar-refractivity contribution < 1.29 is 19.1 Å². The largest absolute Gasteiger partial charge is 0.484 e. The Kier molecular flexibility index (Phi) is 6.27. The second-order valence-electron chi connectivity index (χ2n) is 4.68. The zero-order chi connectivity index (χ0) is 17.4. The summed E-state index contributed by atoms with van der Waals surface area (Å²) >= 11 is 5.07. The second-order valence-corrected chi connectivity index (χ2v) is 5.08. The molecule has 0 saturated heterocycles. The lowest BCUT2D eigenvalue weighted by molar-refractivity contribution is -0.121. The summed E-state index contributed by atoms with van der Waals surface area (Å²) in [4.78, 5) is 23.3. The first-order valence-corrected chi connectivity index (χ1v) is 7.46. The molecule has 0 aromatic heterocycles. The Bertz CT molecular complexity index is 734. The van der Waals surface area contributed by atoms with Crippen molar-refractivity contribution in [2.24, 2.45) is 0 Å². The van der Waals surface area contributed by atoms with Crippen molar-refractivity contribution in [1.82, 2.24) is 5.32 Å². The maximum absolute atomic E-state index is 11.8. The van der Waals surface area contributed by atoms with Gasteiger partial charge in [0.1, 0.15) is 5.75 Å². The Morgan fingerprint density at radius 1 is 1.08 bits per heavy atom. The minimum Gasteiger partial charge on any atom is -0.484 e. The highest BCUT2D eigenvalue weighted by Crippen LogP contribution is 2.11. The Hall–Kier alpha value is -2.93. The second kappa shape index (κ2) is 8.64. The molecule has 2 rings (SSSR count). The van der Waals surface area contributed by atoms with Crippen LogP contribution in [0.15, 0.2) is 54.6 Å². The van der Waals surface area contributed by atoms with Crippen LogP contribution in [0.25, 0.3) is 0 Å². The first-order chi connectivity index (χ1) is 11.6. The topological polar surface area (TPSA) is 76.7 Å². The summed E-state index contributed by atoms with van der Waals surface area (Å²) in [5.74, 6) is -0.248. The summed E-state index contributed by atoms with van der Waals surface area (Å²) in [7, 11) is 1.31. The van der Waals surface area contributed by atoms with Gasteiger partial charge in [0, 0.05) is 5.69 Å². The highest BCUT2D eigenvalue weighted by atomic mass is 32.1. The molecule has 0 radical (unpaired) electrons. The number of benzene rings is 2. The number of anilines is 1. The van der Waals surface area contributed by atoms with Crippen LogP contribution in [-0.2, 0) is 9.53 Å². The summed E-state index contributed by atoms with van der Waals surface area (Å²) < 4.78 is 9.97. The van der Waals surface area contributed by atoms with Crippen LogP contribution in [0.1, 0.15) is 10.4 Å². The van der Waals surface area contributed by atoms with Gasteiger partial charge < -0.3 is 14.8 Å². The molecule has 0 aliphatic carbocycles. The molecule has 2 aromatic rings. The molecule has 0 unspecified atom stereocenters. The summed E-state index contributed by atoms with van der Waals surface area (Å²) in [5, 5.41) is 5.44. The Morgan fingerprint density at radius 3 is 2.54 bits per heavy atom. The predicted molar refractivity (Wildman–Crippen MR) is 94.1 cm³/mol. The molecular formula is C17H16N2O4S. The van der Waals surface area contributed by atoms with Crippen molar-refractivity contribution in [3.63, 3.8) is 0 Å². The van der Waals surface area contributed by atoms with Crippen molar-refractivity contribution >= 4 is 34.9 Å². The lowest BCUT2D eigenvalue weighted by Crippen LogP contribution is -2.37. The summed E-state index contributed by atoms with van der Waals surface area (Å²) in [5.41, 5.74) is 0.941. The molecule has 0 bridgehead atoms. The SMILES string of the molecule is COC(=O)c1cccc(NC(=S)NC(=O)COc2ccccc2)c1. The molecule has 1 amide bonds. The van der Waals surface area contributed by atoms with Gasteiger partial charge in [0.2, 0.25) is 0 Å². The third-order valence-corrected chi connectivity index (χ3v) is 3.11. The quantitative estimate of drug-likeness (QED) is 0.641. The van der Waals surface area contributed by atoms with E-state index in [0.717, 1.165) is 0 Å². The predicted octanol–water partition coefficient (Wildman–Crippen LogP) is 2.37. The lowest BCUT2D eigenvalue weighted by atomic mass is 10.2. The molecule has 124 valence electrons. The van der Waals surface area contributed by atoms with Crippen LogP contribution in [0.3, 0.4) is 0 Å². The fourth-order valence-corrected chi connectivity index (χ4v) is 2.06. The van der Waals surface area contributed by atoms with Crippen LogP contribution < -0.4 is 15.4 Å². The molecule has 0 aliphatic heterocycles. The molecular weight excluding hydrogens is 328 g/mol. The fraction of sp³-hybridized carbons (Fsp3) is 0.118. The van der Waals surface area contributed by atoms with Gasteiger partial charge in [-0.3, -0.25) is 10.1 Å². The lowest BCUT2D eigenvalue weighted by Gasteiger charge is -2.11. The molecule has 0 spiro atoms. The van der Waals surface area contributed by atoms with Gasteiger partial charge in [-0.05, 0) is 42.5 Å². The number of amides is 1. The molecule has 0 fully saturated rings. The molecule has 2 aromatic carbocycles. The first kappa shape index (κ1) is 17.4. The Labute approximate surface area is 144 Å². The number of hydrogen-bond donors (Lipinski definition) is 2. The monoisotopic (exact) mass is 344 g/mol. The Balaban J connectivity index is 1.84. The van der Waals surface area contributed by atoms with Gasteiger partial charge in [0.05, 0.1) is 12.7 Å². The molecule has 0 heterocycles. The van der Waals surface area contributed by atoms with Gasteiger partial charge >= 0.3 is 5.97 Å². The number of thiocarbonyl (C=S) groups is 1. The van der Waals surface area contributed by atoms with Gasteiger partial charge in [-0.15, -0.1) is 0 Å². The molecule has 0 saturated carbocycles. The number of hydrogen-bond acceptors (Lipinski definition) is 5. The normalized spacial score (nSPS) is 9.71. The molecule has 2 N–H and O–H groups in total. The summed E-state index contributed by atoms with van der Waals surface area (Å²) in [6, 6.07) is 15.6. The van der Waals surface area contributed by atoms with E-state index in [4.69, 9.17) is 17.0 Å². The average molecular weight is 344 g/mol. The molecule has 0 atom stereocenters. The van der Waals surface area contributed by atoms with Crippen LogP contribution in [0.2, 0.25) is 0 Å². The van der Waals surface area contributed by atoms with Crippen LogP contribution in [0, 0.1) is 0 Å². The van der Waals surface area contributed by atoms with Crippen molar-refractivity contribution in [2.75, 3.05) is 19.0 Å². The molecule has 7 heteroatoms. The molecule has 24 heavy (non-hydrogen) atoms. The smallest absolute Gasteiger partial charge is 0.337 e. The highest BCUT2D eigenvalue weighted by Gasteiger charge is 2.08. The number of para-hydroxylation sites is 1. The van der Waals surface area contributed by atoms with Gasteiger partial charge in [0.25, 0.3) is 5.91 Å². The van der Waals surface area contributed by atoms with Crippen LogP contribution in [-0.4, -0.2) is 30.7 Å². The maximum Gasteiger partial charge on any atom is 0.337 e.